The summed E-state index contributed by atoms with van der Waals surface area (Å²) >= 11 is 0. The molecule has 0 amide bonds. The van der Waals surface area contributed by atoms with E-state index in [0.29, 0.717) is 0 Å². The molecule has 0 aromatic carbocycles. The van der Waals surface area contributed by atoms with Crippen LogP contribution in [0.1, 0.15) is 0 Å². The second-order valence-corrected chi connectivity index (χ2v) is 1.95. The van der Waals surface area contributed by atoms with Gasteiger partial charge in [-0.1, -0.05) is 0 Å². The lowest BCUT2D eigenvalue weighted by Crippen LogP contribution is -2.44. The Morgan fingerprint density at radius 1 is 1.42 bits per heavy atom. The van der Waals surface area contributed by atoms with Crippen LogP contribution >= 0.6 is 0 Å². The average Bonchev–Trinajstić information content (AvgIpc) is 1.98. The highest BCUT2D eigenvalue weighted by Gasteiger charge is 2.46. The van der Waals surface area contributed by atoms with Crippen molar-refractivity contribution in [1.29, 1.82) is 0 Å². The fourth-order valence-corrected chi connectivity index (χ4v) is 0.429. The van der Waals surface area contributed by atoms with Gasteiger partial charge in [-0.2, -0.15) is 13.2 Å². The number of rotatable bonds is 2. The summed E-state index contributed by atoms with van der Waals surface area (Å²) in [5.74, 6) is -1.53. The number of hydrogen-bond donors (Lipinski definition) is 2. The number of aliphatic hydroxyl groups is 2. The molecule has 12 heavy (non-hydrogen) atoms. The van der Waals surface area contributed by atoms with Gasteiger partial charge in [-0.3, -0.25) is 0 Å². The molecule has 0 saturated heterocycles. The van der Waals surface area contributed by atoms with E-state index in [4.69, 9.17) is 10.2 Å². The quantitative estimate of drug-likeness (QED) is 0.570. The molecule has 0 rings (SSSR count). The number of alkyl halides is 3. The summed E-state index contributed by atoms with van der Waals surface area (Å²) in [7, 11) is 0.800. The molecule has 0 aliphatic heterocycles. The maximum Gasteiger partial charge on any atom is 0.417 e. The average molecular weight is 188 g/mol. The Balaban J connectivity index is 4.29. The molecule has 72 valence electrons. The molecule has 2 atom stereocenters. The number of aliphatic hydroxyl groups excluding tert-OH is 2. The van der Waals surface area contributed by atoms with Crippen LogP contribution in [0.25, 0.3) is 0 Å². The van der Waals surface area contributed by atoms with Gasteiger partial charge in [-0.05, 0) is 0 Å². The number of carbonyl (C=O) groups excluding carboxylic acids is 1. The van der Waals surface area contributed by atoms with Gasteiger partial charge in [-0.15, -0.1) is 0 Å². The summed E-state index contributed by atoms with van der Waals surface area (Å²) in [6.45, 7) is 0. The van der Waals surface area contributed by atoms with Gasteiger partial charge in [0, 0.05) is 0 Å². The van der Waals surface area contributed by atoms with E-state index >= 15 is 0 Å². The van der Waals surface area contributed by atoms with Crippen molar-refractivity contribution in [2.24, 2.45) is 0 Å². The van der Waals surface area contributed by atoms with E-state index in [1.54, 1.807) is 0 Å². The smallest absolute Gasteiger partial charge is 0.417 e. The zero-order valence-electron chi connectivity index (χ0n) is 6.00. The van der Waals surface area contributed by atoms with Gasteiger partial charge < -0.3 is 14.9 Å². The summed E-state index contributed by atoms with van der Waals surface area (Å²) in [4.78, 5) is 10.3. The van der Waals surface area contributed by atoms with Crippen molar-refractivity contribution in [3.8, 4) is 0 Å². The highest BCUT2D eigenvalue weighted by atomic mass is 19.4. The predicted molar refractivity (Wildman–Crippen MR) is 30.1 cm³/mol. The van der Waals surface area contributed by atoms with Crippen molar-refractivity contribution in [2.75, 3.05) is 7.11 Å². The summed E-state index contributed by atoms with van der Waals surface area (Å²) < 4.78 is 38.5. The van der Waals surface area contributed by atoms with Crippen molar-refractivity contribution in [1.82, 2.24) is 0 Å². The predicted octanol–water partition coefficient (Wildman–Crippen LogP) is -0.557. The fourth-order valence-electron chi connectivity index (χ4n) is 0.429. The maximum absolute atomic E-state index is 11.6. The standard InChI is InChI=1S/C5H7F3O4/c1-12-4(11)2(9)3(10)5(6,7)8/h2-3,9-10H,1H3/t2-,3-/m0/s1. The third kappa shape index (κ3) is 2.67. The largest absolute Gasteiger partial charge is 0.467 e. The van der Waals surface area contributed by atoms with Gasteiger partial charge in [0.1, 0.15) is 0 Å². The molecule has 2 N–H and O–H groups in total. The van der Waals surface area contributed by atoms with Crippen LogP contribution in [-0.2, 0) is 9.53 Å². The van der Waals surface area contributed by atoms with Gasteiger partial charge in [0.05, 0.1) is 7.11 Å². The molecule has 4 nitrogen and oxygen atoms in total. The Labute approximate surface area is 65.6 Å². The molecule has 0 radical (unpaired) electrons. The van der Waals surface area contributed by atoms with Crippen molar-refractivity contribution < 1.29 is 32.9 Å². The second-order valence-electron chi connectivity index (χ2n) is 1.95. The minimum absolute atomic E-state index is 0.800. The molecule has 0 aromatic rings. The zero-order valence-corrected chi connectivity index (χ0v) is 6.00. The molecule has 7 heteroatoms. The van der Waals surface area contributed by atoms with Crippen molar-refractivity contribution in [2.45, 2.75) is 18.4 Å². The van der Waals surface area contributed by atoms with Gasteiger partial charge in [-0.25, -0.2) is 4.79 Å². The Kier molecular flexibility index (Phi) is 3.47. The van der Waals surface area contributed by atoms with Crippen LogP contribution in [0.5, 0.6) is 0 Å². The Bertz CT molecular complexity index is 167. The molecule has 0 spiro atoms. The number of carbonyl (C=O) groups is 1. The van der Waals surface area contributed by atoms with E-state index in [9.17, 15) is 18.0 Å². The van der Waals surface area contributed by atoms with E-state index in [0.717, 1.165) is 7.11 Å². The van der Waals surface area contributed by atoms with E-state index < -0.39 is 24.4 Å². The van der Waals surface area contributed by atoms with Gasteiger partial charge in [0.2, 0.25) is 0 Å². The Hall–Kier alpha value is -0.820. The summed E-state index contributed by atoms with van der Waals surface area (Å²) in [5, 5.41) is 16.8. The highest BCUT2D eigenvalue weighted by molar-refractivity contribution is 5.75. The number of esters is 1. The topological polar surface area (TPSA) is 66.8 Å². The summed E-state index contributed by atoms with van der Waals surface area (Å²) in [6, 6.07) is 0. The first-order valence-electron chi connectivity index (χ1n) is 2.81. The second kappa shape index (κ2) is 3.72. The first-order chi connectivity index (χ1) is 5.30. The molecule has 0 aliphatic carbocycles. The van der Waals surface area contributed by atoms with Crippen LogP contribution in [-0.4, -0.2) is 41.7 Å². The molecule has 0 unspecified atom stereocenters. The first kappa shape index (κ1) is 11.2. The highest BCUT2D eigenvalue weighted by Crippen LogP contribution is 2.22. The van der Waals surface area contributed by atoms with E-state index in [2.05, 4.69) is 4.74 Å². The van der Waals surface area contributed by atoms with Crippen molar-refractivity contribution >= 4 is 5.97 Å². The van der Waals surface area contributed by atoms with Crippen LogP contribution in [0.15, 0.2) is 0 Å². The molecule has 0 aliphatic rings. The van der Waals surface area contributed by atoms with E-state index in [1.807, 2.05) is 0 Å². The fraction of sp³-hybridized carbons (Fsp3) is 0.800. The maximum atomic E-state index is 11.6. The lowest BCUT2D eigenvalue weighted by atomic mass is 10.2. The van der Waals surface area contributed by atoms with E-state index in [1.165, 1.54) is 0 Å². The normalized spacial score (nSPS) is 16.8. The number of halogens is 3. The lowest BCUT2D eigenvalue weighted by Gasteiger charge is -2.17. The molecule has 0 bridgehead atoms. The molecule has 0 aromatic heterocycles. The van der Waals surface area contributed by atoms with Crippen LogP contribution in [0.3, 0.4) is 0 Å². The molecule has 0 saturated carbocycles. The Morgan fingerprint density at radius 2 is 1.83 bits per heavy atom. The minimum atomic E-state index is -5.03. The van der Waals surface area contributed by atoms with Crippen LogP contribution in [0.2, 0.25) is 0 Å². The molecular formula is C5H7F3O4. The summed E-state index contributed by atoms with van der Waals surface area (Å²) in [6.07, 6.45) is -10.7. The van der Waals surface area contributed by atoms with Crippen LogP contribution in [0, 0.1) is 0 Å². The molecule has 0 heterocycles. The number of hydrogen-bond acceptors (Lipinski definition) is 4. The minimum Gasteiger partial charge on any atom is -0.467 e. The van der Waals surface area contributed by atoms with Gasteiger partial charge in [0.15, 0.2) is 12.2 Å². The Morgan fingerprint density at radius 3 is 2.08 bits per heavy atom. The molecular weight excluding hydrogens is 181 g/mol. The zero-order chi connectivity index (χ0) is 9.94. The monoisotopic (exact) mass is 188 g/mol. The van der Waals surface area contributed by atoms with Crippen LogP contribution in [0.4, 0.5) is 13.2 Å². The number of ether oxygens (including phenoxy) is 1. The molecule has 0 fully saturated rings. The van der Waals surface area contributed by atoms with Crippen LogP contribution < -0.4 is 0 Å². The third-order valence-electron chi connectivity index (χ3n) is 1.08. The van der Waals surface area contributed by atoms with Crippen molar-refractivity contribution in [3.05, 3.63) is 0 Å². The van der Waals surface area contributed by atoms with Gasteiger partial charge in [0.25, 0.3) is 0 Å². The SMILES string of the molecule is COC(=O)[C@@H](O)[C@H](O)C(F)(F)F. The third-order valence-corrected chi connectivity index (χ3v) is 1.08. The summed E-state index contributed by atoms with van der Waals surface area (Å²) in [5.41, 5.74) is 0. The van der Waals surface area contributed by atoms with Gasteiger partial charge >= 0.3 is 12.1 Å². The number of methoxy groups -OCH3 is 1. The first-order valence-corrected chi connectivity index (χ1v) is 2.81. The van der Waals surface area contributed by atoms with E-state index in [-0.39, 0.29) is 0 Å². The lowest BCUT2D eigenvalue weighted by molar-refractivity contribution is -0.233. The van der Waals surface area contributed by atoms with Crippen molar-refractivity contribution in [3.63, 3.8) is 0 Å².